The molecule has 0 atom stereocenters. The Balaban J connectivity index is 3.06. The van der Waals surface area contributed by atoms with Crippen LogP contribution in [0.15, 0.2) is 0 Å². The predicted molar refractivity (Wildman–Crippen MR) is 40.1 cm³/mol. The van der Waals surface area contributed by atoms with Crippen molar-refractivity contribution in [3.05, 3.63) is 5.84 Å². The molecule has 0 spiro atoms. The van der Waals surface area contributed by atoms with E-state index in [1.54, 1.807) is 5.01 Å². The summed E-state index contributed by atoms with van der Waals surface area (Å²) >= 11 is 0. The minimum atomic E-state index is 0.813. The summed E-state index contributed by atoms with van der Waals surface area (Å²) in [4.78, 5) is 2.08. The van der Waals surface area contributed by atoms with Gasteiger partial charge in [-0.3, -0.25) is 0 Å². The van der Waals surface area contributed by atoms with Crippen molar-refractivity contribution >= 4 is 0 Å². The van der Waals surface area contributed by atoms with Crippen molar-refractivity contribution in [3.8, 4) is 0 Å². The van der Waals surface area contributed by atoms with Gasteiger partial charge in [0, 0.05) is 6.54 Å². The zero-order valence-electron chi connectivity index (χ0n) is 6.52. The quantitative estimate of drug-likeness (QED) is 0.528. The summed E-state index contributed by atoms with van der Waals surface area (Å²) in [6.07, 6.45) is 0. The van der Waals surface area contributed by atoms with Gasteiger partial charge < -0.3 is 15.8 Å². The smallest absolute Gasteiger partial charge is 0.00889 e. The van der Waals surface area contributed by atoms with Crippen LogP contribution in [0, 0.1) is 0 Å². The van der Waals surface area contributed by atoms with E-state index in [2.05, 4.69) is 4.90 Å². The van der Waals surface area contributed by atoms with Gasteiger partial charge in [-0.25, -0.2) is 0 Å². The zero-order valence-corrected chi connectivity index (χ0v) is 6.52. The molecule has 0 unspecified atom stereocenters. The molecule has 1 N–H and O–H groups in total. The van der Waals surface area contributed by atoms with E-state index in [-0.39, 0.29) is 0 Å². The summed E-state index contributed by atoms with van der Waals surface area (Å²) in [6.45, 7) is 4.61. The van der Waals surface area contributed by atoms with Crippen molar-refractivity contribution in [1.29, 1.82) is 0 Å². The van der Waals surface area contributed by atoms with Crippen LogP contribution < -0.4 is 0 Å². The van der Waals surface area contributed by atoms with Crippen LogP contribution in [-0.2, 0) is 0 Å². The topological polar surface area (TPSA) is 30.3 Å². The van der Waals surface area contributed by atoms with Crippen LogP contribution in [0.4, 0.5) is 0 Å². The highest BCUT2D eigenvalue weighted by atomic mass is 15.4. The largest absolute Gasteiger partial charge is 0.610 e. The molecule has 0 heterocycles. The van der Waals surface area contributed by atoms with E-state index >= 15 is 0 Å². The average Bonchev–Trinajstić information content (AvgIpc) is 1.83. The first-order valence-electron chi connectivity index (χ1n) is 3.27. The fraction of sp³-hybridized carbons (Fsp3) is 1.00. The van der Waals surface area contributed by atoms with Crippen molar-refractivity contribution in [2.75, 3.05) is 33.7 Å². The number of hydrogen-bond acceptors (Lipinski definition) is 2. The monoisotopic (exact) mass is 130 g/mol. The van der Waals surface area contributed by atoms with E-state index in [0.717, 1.165) is 19.6 Å². The second-order valence-corrected chi connectivity index (χ2v) is 2.38. The third-order valence-electron chi connectivity index (χ3n) is 1.20. The van der Waals surface area contributed by atoms with Gasteiger partial charge in [-0.15, -0.1) is 0 Å². The molecule has 0 rings (SSSR count). The number of likely N-dealkylation sites (N-methyl/N-ethyl adjacent to an activating group) is 2. The van der Waals surface area contributed by atoms with Gasteiger partial charge in [-0.2, -0.15) is 0 Å². The van der Waals surface area contributed by atoms with E-state index < -0.39 is 0 Å². The van der Waals surface area contributed by atoms with E-state index in [9.17, 15) is 0 Å². The summed E-state index contributed by atoms with van der Waals surface area (Å²) in [5.41, 5.74) is 0. The lowest BCUT2D eigenvalue weighted by molar-refractivity contribution is 0.317. The van der Waals surface area contributed by atoms with Crippen LogP contribution in [-0.4, -0.2) is 43.6 Å². The molecule has 0 bridgehead atoms. The summed E-state index contributed by atoms with van der Waals surface area (Å²) in [5.74, 6) is 7.22. The van der Waals surface area contributed by atoms with Crippen LogP contribution in [0.1, 0.15) is 6.92 Å². The van der Waals surface area contributed by atoms with Crippen molar-refractivity contribution in [3.63, 3.8) is 0 Å². The first-order chi connectivity index (χ1) is 4.16. The Labute approximate surface area is 57.4 Å². The fourth-order valence-corrected chi connectivity index (χ4v) is 0.479. The molecular weight excluding hydrogens is 114 g/mol. The lowest BCUT2D eigenvalue weighted by Gasteiger charge is -2.25. The maximum absolute atomic E-state index is 7.22. The summed E-state index contributed by atoms with van der Waals surface area (Å²) in [5, 5.41) is 1.56. The molecule has 0 aromatic heterocycles. The Morgan fingerprint density at radius 3 is 2.11 bits per heavy atom. The summed E-state index contributed by atoms with van der Waals surface area (Å²) in [6, 6.07) is 0. The second-order valence-electron chi connectivity index (χ2n) is 2.38. The first kappa shape index (κ1) is 8.88. The normalized spacial score (nSPS) is 11.3. The Kier molecular flexibility index (Phi) is 4.67. The van der Waals surface area contributed by atoms with E-state index in [4.69, 9.17) is 5.84 Å². The van der Waals surface area contributed by atoms with E-state index in [1.165, 1.54) is 0 Å². The van der Waals surface area contributed by atoms with Crippen LogP contribution in [0.3, 0.4) is 0 Å². The average molecular weight is 130 g/mol. The van der Waals surface area contributed by atoms with Gasteiger partial charge in [0.15, 0.2) is 0 Å². The van der Waals surface area contributed by atoms with Gasteiger partial charge in [0.1, 0.15) is 0 Å². The minimum Gasteiger partial charge on any atom is -0.610 e. The molecule has 0 saturated carbocycles. The van der Waals surface area contributed by atoms with Crippen LogP contribution >= 0.6 is 0 Å². The van der Waals surface area contributed by atoms with E-state index in [1.807, 2.05) is 21.0 Å². The van der Waals surface area contributed by atoms with E-state index in [0.29, 0.717) is 0 Å². The number of hydrogen-bond donors (Lipinski definition) is 0. The van der Waals surface area contributed by atoms with Gasteiger partial charge >= 0.3 is 0 Å². The van der Waals surface area contributed by atoms with Gasteiger partial charge in [0.25, 0.3) is 0 Å². The van der Waals surface area contributed by atoms with Crippen LogP contribution in [0.25, 0.3) is 5.84 Å². The third-order valence-corrected chi connectivity index (χ3v) is 1.20. The lowest BCUT2D eigenvalue weighted by atomic mass is 10.5. The van der Waals surface area contributed by atoms with Crippen LogP contribution in [0.5, 0.6) is 0 Å². The lowest BCUT2D eigenvalue weighted by Crippen LogP contribution is -2.26. The molecule has 0 aliphatic heterocycles. The van der Waals surface area contributed by atoms with Crippen molar-refractivity contribution in [2.45, 2.75) is 6.92 Å². The molecular formula is C6H16N3-. The highest BCUT2D eigenvalue weighted by Gasteiger charge is 1.88. The molecule has 0 aliphatic carbocycles. The molecule has 0 amide bonds. The van der Waals surface area contributed by atoms with Gasteiger partial charge in [0.05, 0.1) is 0 Å². The van der Waals surface area contributed by atoms with Gasteiger partial charge in [0.2, 0.25) is 0 Å². The highest BCUT2D eigenvalue weighted by Crippen LogP contribution is 1.85. The third kappa shape index (κ3) is 5.76. The maximum atomic E-state index is 7.22. The Hall–Kier alpha value is -0.120. The molecule has 3 heteroatoms. The molecule has 0 aromatic carbocycles. The van der Waals surface area contributed by atoms with Crippen molar-refractivity contribution < 1.29 is 0 Å². The molecule has 0 saturated heterocycles. The fourth-order valence-electron chi connectivity index (χ4n) is 0.479. The maximum Gasteiger partial charge on any atom is 0.00889 e. The van der Waals surface area contributed by atoms with Gasteiger partial charge in [-0.05, 0) is 27.2 Å². The number of nitrogens with zero attached hydrogens (tertiary/aromatic N) is 2. The highest BCUT2D eigenvalue weighted by molar-refractivity contribution is 4.55. The number of rotatable bonds is 4. The molecule has 56 valence electrons. The molecule has 0 radical (unpaired) electrons. The van der Waals surface area contributed by atoms with Crippen molar-refractivity contribution in [1.82, 2.24) is 9.91 Å². The Bertz CT molecular complexity index is 63.3. The first-order valence-corrected chi connectivity index (χ1v) is 3.27. The van der Waals surface area contributed by atoms with Crippen molar-refractivity contribution in [2.24, 2.45) is 0 Å². The SMILES string of the molecule is CCN([NH-])CCN(C)C. The molecule has 3 nitrogen and oxygen atoms in total. The molecule has 0 aromatic rings. The standard InChI is InChI=1S/C6H16N3/c1-4-9(7)6-5-8(2)3/h7H,4-6H2,1-3H3/q-1. The van der Waals surface area contributed by atoms with Crippen LogP contribution in [0.2, 0.25) is 0 Å². The zero-order chi connectivity index (χ0) is 7.28. The molecule has 0 fully saturated rings. The Morgan fingerprint density at radius 1 is 1.22 bits per heavy atom. The number of nitrogens with one attached hydrogen (secondary N) is 1. The minimum absolute atomic E-state index is 0.813. The molecule has 0 aliphatic rings. The predicted octanol–water partition coefficient (Wildman–Crippen LogP) is 0.837. The molecule has 9 heavy (non-hydrogen) atoms. The summed E-state index contributed by atoms with van der Waals surface area (Å²) < 4.78 is 0. The summed E-state index contributed by atoms with van der Waals surface area (Å²) in [7, 11) is 4.03. The second kappa shape index (κ2) is 4.73. The van der Waals surface area contributed by atoms with Gasteiger partial charge in [-0.1, -0.05) is 6.92 Å². The Morgan fingerprint density at radius 2 is 1.78 bits per heavy atom.